The number of aromatic nitrogens is 2. The maximum atomic E-state index is 5.85. The molecule has 2 fully saturated rings. The average Bonchev–Trinajstić information content (AvgIpc) is 3.27. The number of rotatable bonds is 6. The van der Waals surface area contributed by atoms with Crippen LogP contribution in [-0.4, -0.2) is 40.5 Å². The van der Waals surface area contributed by atoms with Crippen LogP contribution in [0.1, 0.15) is 44.3 Å². The van der Waals surface area contributed by atoms with Gasteiger partial charge in [0.15, 0.2) is 0 Å². The average molecular weight is 261 g/mol. The highest BCUT2D eigenvalue weighted by Gasteiger charge is 2.29. The van der Waals surface area contributed by atoms with Crippen LogP contribution in [0, 0.1) is 0 Å². The van der Waals surface area contributed by atoms with Crippen molar-refractivity contribution >= 4 is 11.6 Å². The van der Waals surface area contributed by atoms with Crippen molar-refractivity contribution in [3.05, 3.63) is 11.9 Å². The number of nitrogens with zero attached hydrogens (tertiary/aromatic N) is 3. The highest BCUT2D eigenvalue weighted by Crippen LogP contribution is 2.38. The van der Waals surface area contributed by atoms with Crippen LogP contribution in [0.5, 0.6) is 0 Å². The van der Waals surface area contributed by atoms with Crippen molar-refractivity contribution in [1.82, 2.24) is 14.9 Å². The highest BCUT2D eigenvalue weighted by molar-refractivity contribution is 5.45. The zero-order valence-corrected chi connectivity index (χ0v) is 11.8. The molecule has 0 bridgehead atoms. The zero-order chi connectivity index (χ0) is 13.4. The molecule has 0 aliphatic heterocycles. The lowest BCUT2D eigenvalue weighted by Crippen LogP contribution is -2.36. The molecule has 5 heteroatoms. The molecule has 5 nitrogen and oxygen atoms in total. The second kappa shape index (κ2) is 4.96. The number of anilines is 2. The van der Waals surface area contributed by atoms with Crippen LogP contribution in [0.15, 0.2) is 6.07 Å². The van der Waals surface area contributed by atoms with Gasteiger partial charge in [0.2, 0.25) is 0 Å². The van der Waals surface area contributed by atoms with Crippen molar-refractivity contribution in [3.63, 3.8) is 0 Å². The lowest BCUT2D eigenvalue weighted by molar-refractivity contribution is 0.257. The van der Waals surface area contributed by atoms with E-state index in [9.17, 15) is 0 Å². The fraction of sp³-hybridized carbons (Fsp3) is 0.714. The quantitative estimate of drug-likeness (QED) is 0.817. The predicted octanol–water partition coefficient (Wildman–Crippen LogP) is 1.83. The van der Waals surface area contributed by atoms with Crippen LogP contribution in [0.4, 0.5) is 11.6 Å². The first kappa shape index (κ1) is 12.7. The van der Waals surface area contributed by atoms with Crippen molar-refractivity contribution in [2.75, 3.05) is 24.6 Å². The van der Waals surface area contributed by atoms with E-state index in [2.05, 4.69) is 34.2 Å². The van der Waals surface area contributed by atoms with Gasteiger partial charge in [-0.25, -0.2) is 9.97 Å². The molecule has 2 aliphatic rings. The minimum atomic E-state index is 0.507. The summed E-state index contributed by atoms with van der Waals surface area (Å²) in [4.78, 5) is 11.3. The monoisotopic (exact) mass is 261 g/mol. The maximum Gasteiger partial charge on any atom is 0.136 e. The number of nitrogens with one attached hydrogen (secondary N) is 1. The van der Waals surface area contributed by atoms with Crippen LogP contribution in [-0.2, 0) is 0 Å². The first-order valence-electron chi connectivity index (χ1n) is 7.23. The summed E-state index contributed by atoms with van der Waals surface area (Å²) in [6.07, 6.45) is 5.08. The van der Waals surface area contributed by atoms with Gasteiger partial charge in [-0.3, -0.25) is 4.90 Å². The third kappa shape index (κ3) is 3.15. The SMILES string of the molecule is CC(CNc1cc(N)nc(C2CC2)n1)N(C)C1CC1. The van der Waals surface area contributed by atoms with Gasteiger partial charge in [0.25, 0.3) is 0 Å². The van der Waals surface area contributed by atoms with Gasteiger partial charge in [-0.15, -0.1) is 0 Å². The Kier molecular flexibility index (Phi) is 3.31. The molecule has 19 heavy (non-hydrogen) atoms. The summed E-state index contributed by atoms with van der Waals surface area (Å²) in [6, 6.07) is 3.12. The van der Waals surface area contributed by atoms with Crippen molar-refractivity contribution in [1.29, 1.82) is 0 Å². The van der Waals surface area contributed by atoms with E-state index >= 15 is 0 Å². The van der Waals surface area contributed by atoms with E-state index in [1.54, 1.807) is 0 Å². The summed E-state index contributed by atoms with van der Waals surface area (Å²) in [5.74, 6) is 2.88. The van der Waals surface area contributed by atoms with Crippen molar-refractivity contribution in [3.8, 4) is 0 Å². The van der Waals surface area contributed by atoms with Crippen molar-refractivity contribution < 1.29 is 0 Å². The fourth-order valence-electron chi connectivity index (χ4n) is 2.34. The molecule has 0 radical (unpaired) electrons. The van der Waals surface area contributed by atoms with Crippen molar-refractivity contribution in [2.24, 2.45) is 0 Å². The van der Waals surface area contributed by atoms with Gasteiger partial charge in [0.1, 0.15) is 17.5 Å². The van der Waals surface area contributed by atoms with Gasteiger partial charge >= 0.3 is 0 Å². The molecule has 0 saturated heterocycles. The van der Waals surface area contributed by atoms with E-state index in [-0.39, 0.29) is 0 Å². The Morgan fingerprint density at radius 3 is 2.74 bits per heavy atom. The molecule has 3 N–H and O–H groups in total. The highest BCUT2D eigenvalue weighted by atomic mass is 15.2. The number of nitrogen functional groups attached to an aromatic ring is 1. The Bertz CT molecular complexity index is 453. The lowest BCUT2D eigenvalue weighted by atomic mass is 10.3. The van der Waals surface area contributed by atoms with E-state index in [4.69, 9.17) is 5.73 Å². The molecule has 0 amide bonds. The molecular formula is C14H23N5. The van der Waals surface area contributed by atoms with E-state index < -0.39 is 0 Å². The summed E-state index contributed by atoms with van der Waals surface area (Å²) in [5.41, 5.74) is 5.85. The van der Waals surface area contributed by atoms with Gasteiger partial charge in [-0.05, 0) is 39.7 Å². The van der Waals surface area contributed by atoms with Crippen LogP contribution < -0.4 is 11.1 Å². The normalized spacial score (nSPS) is 20.6. The summed E-state index contributed by atoms with van der Waals surface area (Å²) in [7, 11) is 2.20. The molecule has 1 aromatic heterocycles. The van der Waals surface area contributed by atoms with Gasteiger partial charge in [0.05, 0.1) is 0 Å². The predicted molar refractivity (Wildman–Crippen MR) is 77.2 cm³/mol. The van der Waals surface area contributed by atoms with Gasteiger partial charge in [-0.1, -0.05) is 0 Å². The Hall–Kier alpha value is -1.36. The second-order valence-electron chi connectivity index (χ2n) is 5.94. The molecule has 104 valence electrons. The third-order valence-electron chi connectivity index (χ3n) is 4.10. The smallest absolute Gasteiger partial charge is 0.136 e. The molecule has 1 unspecified atom stereocenters. The first-order valence-corrected chi connectivity index (χ1v) is 7.23. The Morgan fingerprint density at radius 2 is 2.11 bits per heavy atom. The second-order valence-corrected chi connectivity index (χ2v) is 5.94. The maximum absolute atomic E-state index is 5.85. The molecule has 1 heterocycles. The molecule has 2 saturated carbocycles. The van der Waals surface area contributed by atoms with Crippen LogP contribution in [0.2, 0.25) is 0 Å². The summed E-state index contributed by atoms with van der Waals surface area (Å²) in [5, 5.41) is 3.40. The Balaban J connectivity index is 1.59. The summed E-state index contributed by atoms with van der Waals surface area (Å²) in [6.45, 7) is 3.14. The third-order valence-corrected chi connectivity index (χ3v) is 4.10. The largest absolute Gasteiger partial charge is 0.384 e. The van der Waals surface area contributed by atoms with E-state index in [0.717, 1.165) is 24.2 Å². The summed E-state index contributed by atoms with van der Waals surface area (Å²) >= 11 is 0. The van der Waals surface area contributed by atoms with Gasteiger partial charge < -0.3 is 11.1 Å². The summed E-state index contributed by atoms with van der Waals surface area (Å²) < 4.78 is 0. The molecule has 0 spiro atoms. The number of hydrogen-bond donors (Lipinski definition) is 2. The van der Waals surface area contributed by atoms with Crippen molar-refractivity contribution in [2.45, 2.75) is 50.6 Å². The Morgan fingerprint density at radius 1 is 1.37 bits per heavy atom. The van der Waals surface area contributed by atoms with Crippen LogP contribution >= 0.6 is 0 Å². The molecule has 1 aromatic rings. The molecule has 1 atom stereocenters. The van der Waals surface area contributed by atoms with E-state index in [1.807, 2.05) is 6.07 Å². The molecule has 3 rings (SSSR count). The number of likely N-dealkylation sites (N-methyl/N-ethyl adjacent to an activating group) is 1. The first-order chi connectivity index (χ1) is 9.13. The minimum Gasteiger partial charge on any atom is -0.384 e. The van der Waals surface area contributed by atoms with Crippen LogP contribution in [0.25, 0.3) is 0 Å². The number of nitrogens with two attached hydrogens (primary N) is 1. The zero-order valence-electron chi connectivity index (χ0n) is 11.8. The minimum absolute atomic E-state index is 0.507. The standard InChI is InChI=1S/C14H23N5/c1-9(19(2)11-5-6-11)8-16-13-7-12(15)17-14(18-13)10-3-4-10/h7,9-11H,3-6,8H2,1-2H3,(H3,15,16,17,18). The molecule has 2 aliphatic carbocycles. The number of hydrogen-bond acceptors (Lipinski definition) is 5. The topological polar surface area (TPSA) is 67.1 Å². The lowest BCUT2D eigenvalue weighted by Gasteiger charge is -2.24. The molecular weight excluding hydrogens is 238 g/mol. The van der Waals surface area contributed by atoms with Gasteiger partial charge in [0, 0.05) is 30.6 Å². The van der Waals surface area contributed by atoms with E-state index in [0.29, 0.717) is 17.8 Å². The van der Waals surface area contributed by atoms with Gasteiger partial charge in [-0.2, -0.15) is 0 Å². The Labute approximate surface area is 114 Å². The fourth-order valence-corrected chi connectivity index (χ4v) is 2.34. The van der Waals surface area contributed by atoms with E-state index in [1.165, 1.54) is 25.7 Å². The molecule has 0 aromatic carbocycles. The van der Waals surface area contributed by atoms with Crippen LogP contribution in [0.3, 0.4) is 0 Å².